The Morgan fingerprint density at radius 1 is 1.00 bits per heavy atom. The first-order chi connectivity index (χ1) is 8.79. The zero-order chi connectivity index (χ0) is 14.1. The summed E-state index contributed by atoms with van der Waals surface area (Å²) in [6.45, 7) is 7.18. The van der Waals surface area contributed by atoms with Crippen LogP contribution in [0.25, 0.3) is 0 Å². The summed E-state index contributed by atoms with van der Waals surface area (Å²) >= 11 is 0. The molecule has 0 aromatic rings. The van der Waals surface area contributed by atoms with Crippen molar-refractivity contribution >= 4 is 17.5 Å². The van der Waals surface area contributed by atoms with Gasteiger partial charge in [-0.1, -0.05) is 20.8 Å². The van der Waals surface area contributed by atoms with Gasteiger partial charge in [0.05, 0.1) is 0 Å². The highest BCUT2D eigenvalue weighted by Crippen LogP contribution is 2.69. The van der Waals surface area contributed by atoms with E-state index in [9.17, 15) is 14.4 Å². The summed E-state index contributed by atoms with van der Waals surface area (Å²) in [4.78, 5) is 39.5. The Bertz CT molecular complexity index is 490. The van der Waals surface area contributed by atoms with E-state index in [0.717, 1.165) is 25.9 Å². The van der Waals surface area contributed by atoms with E-state index >= 15 is 0 Å². The second-order valence-corrected chi connectivity index (χ2v) is 7.02. The quantitative estimate of drug-likeness (QED) is 0.533. The zero-order valence-corrected chi connectivity index (χ0v) is 11.9. The molecule has 4 nitrogen and oxygen atoms in total. The molecule has 19 heavy (non-hydrogen) atoms. The van der Waals surface area contributed by atoms with Gasteiger partial charge in [-0.05, 0) is 31.1 Å². The SMILES string of the molecule is CC1(C)[C@]2(C(=O)N3CCCC3)CC[C@]1(C)C(=O)C2=O. The van der Waals surface area contributed by atoms with E-state index in [4.69, 9.17) is 0 Å². The van der Waals surface area contributed by atoms with Crippen molar-refractivity contribution in [2.75, 3.05) is 13.1 Å². The summed E-state index contributed by atoms with van der Waals surface area (Å²) in [5.74, 6) is -0.839. The maximum Gasteiger partial charge on any atom is 0.237 e. The van der Waals surface area contributed by atoms with Crippen molar-refractivity contribution in [2.24, 2.45) is 16.2 Å². The maximum absolute atomic E-state index is 12.9. The van der Waals surface area contributed by atoms with Gasteiger partial charge in [0.15, 0.2) is 0 Å². The van der Waals surface area contributed by atoms with Crippen LogP contribution in [0.1, 0.15) is 46.5 Å². The summed E-state index contributed by atoms with van der Waals surface area (Å²) in [6.07, 6.45) is 3.20. The van der Waals surface area contributed by atoms with Crippen LogP contribution in [0.2, 0.25) is 0 Å². The summed E-state index contributed by atoms with van der Waals surface area (Å²) in [6, 6.07) is 0. The van der Waals surface area contributed by atoms with Crippen molar-refractivity contribution in [1.82, 2.24) is 4.90 Å². The van der Waals surface area contributed by atoms with Crippen molar-refractivity contribution in [3.8, 4) is 0 Å². The second-order valence-electron chi connectivity index (χ2n) is 7.02. The lowest BCUT2D eigenvalue weighted by Gasteiger charge is -2.39. The first kappa shape index (κ1) is 12.8. The molecule has 1 heterocycles. The van der Waals surface area contributed by atoms with Crippen molar-refractivity contribution in [3.05, 3.63) is 0 Å². The van der Waals surface area contributed by atoms with Crippen LogP contribution in [0.4, 0.5) is 0 Å². The molecule has 2 aliphatic carbocycles. The summed E-state index contributed by atoms with van der Waals surface area (Å²) in [5, 5.41) is 0. The third kappa shape index (κ3) is 1.14. The molecule has 0 N–H and O–H groups in total. The lowest BCUT2D eigenvalue weighted by atomic mass is 9.64. The van der Waals surface area contributed by atoms with E-state index in [1.807, 2.05) is 20.8 Å². The van der Waals surface area contributed by atoms with E-state index in [1.165, 1.54) is 0 Å². The Labute approximate surface area is 113 Å². The number of likely N-dealkylation sites (tertiary alicyclic amines) is 1. The summed E-state index contributed by atoms with van der Waals surface area (Å²) in [7, 11) is 0. The zero-order valence-electron chi connectivity index (χ0n) is 11.9. The third-order valence-corrected chi connectivity index (χ3v) is 6.30. The van der Waals surface area contributed by atoms with Crippen LogP contribution < -0.4 is 0 Å². The molecule has 1 aliphatic heterocycles. The number of fused-ring (bicyclic) bond motifs is 2. The topological polar surface area (TPSA) is 54.5 Å². The molecule has 0 spiro atoms. The number of ketones is 2. The number of Topliss-reactive ketones (excluding diaryl/α,β-unsaturated/α-hetero) is 2. The molecule has 2 saturated carbocycles. The Kier molecular flexibility index (Phi) is 2.34. The molecular formula is C15H21NO3. The van der Waals surface area contributed by atoms with Crippen LogP contribution in [0.5, 0.6) is 0 Å². The average molecular weight is 263 g/mol. The number of carbonyl (C=O) groups excluding carboxylic acids is 3. The summed E-state index contributed by atoms with van der Waals surface area (Å²) < 4.78 is 0. The maximum atomic E-state index is 12.9. The molecule has 1 saturated heterocycles. The van der Waals surface area contributed by atoms with Crippen LogP contribution in [-0.4, -0.2) is 35.5 Å². The highest BCUT2D eigenvalue weighted by Gasteiger charge is 2.78. The molecule has 4 heteroatoms. The second kappa shape index (κ2) is 3.47. The van der Waals surface area contributed by atoms with Gasteiger partial charge in [-0.25, -0.2) is 0 Å². The van der Waals surface area contributed by atoms with Crippen molar-refractivity contribution < 1.29 is 14.4 Å². The van der Waals surface area contributed by atoms with Crippen molar-refractivity contribution in [3.63, 3.8) is 0 Å². The van der Waals surface area contributed by atoms with Gasteiger partial charge in [-0.2, -0.15) is 0 Å². The number of rotatable bonds is 1. The van der Waals surface area contributed by atoms with Gasteiger partial charge in [-0.3, -0.25) is 14.4 Å². The smallest absolute Gasteiger partial charge is 0.237 e. The van der Waals surface area contributed by atoms with E-state index in [1.54, 1.807) is 4.90 Å². The van der Waals surface area contributed by atoms with E-state index in [-0.39, 0.29) is 11.7 Å². The van der Waals surface area contributed by atoms with Gasteiger partial charge in [0.1, 0.15) is 5.41 Å². The minimum atomic E-state index is -1.08. The molecular weight excluding hydrogens is 242 g/mol. The summed E-state index contributed by atoms with van der Waals surface area (Å²) in [5.41, 5.74) is -2.30. The minimum absolute atomic E-state index is 0.0884. The van der Waals surface area contributed by atoms with Crippen LogP contribution in [-0.2, 0) is 14.4 Å². The highest BCUT2D eigenvalue weighted by molar-refractivity contribution is 6.48. The first-order valence-corrected chi connectivity index (χ1v) is 7.18. The van der Waals surface area contributed by atoms with E-state index in [0.29, 0.717) is 12.8 Å². The number of amides is 1. The Morgan fingerprint density at radius 3 is 2.05 bits per heavy atom. The Hall–Kier alpha value is -1.19. The normalized spacial score (nSPS) is 40.3. The average Bonchev–Trinajstić information content (AvgIpc) is 2.97. The largest absolute Gasteiger partial charge is 0.342 e. The molecule has 3 fully saturated rings. The molecule has 1 amide bonds. The van der Waals surface area contributed by atoms with Crippen molar-refractivity contribution in [2.45, 2.75) is 46.5 Å². The first-order valence-electron chi connectivity index (χ1n) is 7.18. The predicted molar refractivity (Wildman–Crippen MR) is 69.4 cm³/mol. The van der Waals surface area contributed by atoms with Crippen LogP contribution in [0.3, 0.4) is 0 Å². The molecule has 104 valence electrons. The molecule has 0 aromatic heterocycles. The van der Waals surface area contributed by atoms with Gasteiger partial charge in [-0.15, -0.1) is 0 Å². The van der Waals surface area contributed by atoms with E-state index < -0.39 is 22.0 Å². The molecule has 0 unspecified atom stereocenters. The van der Waals surface area contributed by atoms with Gasteiger partial charge >= 0.3 is 0 Å². The fourth-order valence-electron chi connectivity index (χ4n) is 4.43. The predicted octanol–water partition coefficient (Wildman–Crippen LogP) is 1.57. The van der Waals surface area contributed by atoms with Crippen molar-refractivity contribution in [1.29, 1.82) is 0 Å². The Morgan fingerprint density at radius 2 is 1.58 bits per heavy atom. The fourth-order valence-corrected chi connectivity index (χ4v) is 4.43. The molecule has 0 aromatic carbocycles. The lowest BCUT2D eigenvalue weighted by molar-refractivity contribution is -0.154. The number of nitrogens with zero attached hydrogens (tertiary/aromatic N) is 1. The molecule has 0 radical (unpaired) electrons. The monoisotopic (exact) mass is 263 g/mol. The highest BCUT2D eigenvalue weighted by atomic mass is 16.2. The number of hydrogen-bond donors (Lipinski definition) is 0. The van der Waals surface area contributed by atoms with Crippen LogP contribution >= 0.6 is 0 Å². The molecule has 3 aliphatic rings. The van der Waals surface area contributed by atoms with Gasteiger partial charge < -0.3 is 4.90 Å². The standard InChI is InChI=1S/C15H21NO3/c1-13(2)14(3)6-7-15(13,11(18)10(14)17)12(19)16-8-4-5-9-16/h4-9H2,1-3H3/t14-,15-/m1/s1. The molecule has 2 bridgehead atoms. The van der Waals surface area contributed by atoms with Crippen LogP contribution in [0.15, 0.2) is 0 Å². The minimum Gasteiger partial charge on any atom is -0.342 e. The number of hydrogen-bond acceptors (Lipinski definition) is 3. The van der Waals surface area contributed by atoms with Gasteiger partial charge in [0, 0.05) is 18.5 Å². The van der Waals surface area contributed by atoms with Gasteiger partial charge in [0.25, 0.3) is 0 Å². The molecule has 2 atom stereocenters. The lowest BCUT2D eigenvalue weighted by Crippen LogP contribution is -2.51. The van der Waals surface area contributed by atoms with Gasteiger partial charge in [0.2, 0.25) is 17.5 Å². The van der Waals surface area contributed by atoms with Crippen LogP contribution in [0, 0.1) is 16.2 Å². The number of carbonyl (C=O) groups is 3. The Balaban J connectivity index is 2.10. The molecule has 3 rings (SSSR count). The third-order valence-electron chi connectivity index (χ3n) is 6.30. The fraction of sp³-hybridized carbons (Fsp3) is 0.800. The van der Waals surface area contributed by atoms with E-state index in [2.05, 4.69) is 0 Å².